The summed E-state index contributed by atoms with van der Waals surface area (Å²) in [5.41, 5.74) is 1.24. The molecular formula is C12H7Cl4N3O. The number of carbonyl (C=O) groups excluding carboxylic acids is 1. The van der Waals surface area contributed by atoms with Gasteiger partial charge in [0.2, 0.25) is 0 Å². The predicted octanol–water partition coefficient (Wildman–Crippen LogP) is 4.65. The number of rotatable bonds is 2. The molecule has 0 saturated carbocycles. The Morgan fingerprint density at radius 3 is 2.50 bits per heavy atom. The van der Waals surface area contributed by atoms with Crippen molar-refractivity contribution in [3.63, 3.8) is 0 Å². The van der Waals surface area contributed by atoms with Crippen LogP contribution < -0.4 is 5.32 Å². The minimum absolute atomic E-state index is 0.0969. The van der Waals surface area contributed by atoms with E-state index < -0.39 is 5.91 Å². The van der Waals surface area contributed by atoms with E-state index in [-0.39, 0.29) is 26.0 Å². The molecule has 2 rings (SSSR count). The number of aryl methyl sites for hydroxylation is 1. The molecule has 0 fully saturated rings. The smallest absolute Gasteiger partial charge is 0.257 e. The molecule has 0 aliphatic heterocycles. The van der Waals surface area contributed by atoms with E-state index in [1.165, 1.54) is 12.3 Å². The fourth-order valence-corrected chi connectivity index (χ4v) is 2.44. The van der Waals surface area contributed by atoms with Crippen LogP contribution in [-0.4, -0.2) is 15.9 Å². The van der Waals surface area contributed by atoms with Gasteiger partial charge in [-0.25, -0.2) is 9.97 Å². The lowest BCUT2D eigenvalue weighted by Gasteiger charge is -2.11. The molecule has 1 amide bonds. The van der Waals surface area contributed by atoms with Gasteiger partial charge in [-0.05, 0) is 24.6 Å². The Morgan fingerprint density at radius 1 is 1.15 bits per heavy atom. The third-order valence-electron chi connectivity index (χ3n) is 2.45. The van der Waals surface area contributed by atoms with Gasteiger partial charge in [0.1, 0.15) is 10.3 Å². The monoisotopic (exact) mass is 349 g/mol. The third-order valence-corrected chi connectivity index (χ3v) is 3.42. The summed E-state index contributed by atoms with van der Waals surface area (Å²) in [6.07, 6.45) is 1.30. The number of nitrogens with one attached hydrogen (secondary N) is 1. The first-order valence-corrected chi connectivity index (χ1v) is 6.84. The summed E-state index contributed by atoms with van der Waals surface area (Å²) in [5.74, 6) is -0.464. The summed E-state index contributed by atoms with van der Waals surface area (Å²) in [6, 6.07) is 2.95. The van der Waals surface area contributed by atoms with Crippen LogP contribution in [0.25, 0.3) is 0 Å². The summed E-state index contributed by atoms with van der Waals surface area (Å²) < 4.78 is 0. The van der Waals surface area contributed by atoms with Gasteiger partial charge in [0.15, 0.2) is 5.15 Å². The van der Waals surface area contributed by atoms with Crippen LogP contribution in [0.2, 0.25) is 20.5 Å². The van der Waals surface area contributed by atoms with Crippen LogP contribution in [0.15, 0.2) is 18.3 Å². The molecule has 8 heteroatoms. The third kappa shape index (κ3) is 3.33. The molecule has 104 valence electrons. The lowest BCUT2D eigenvalue weighted by Crippen LogP contribution is -2.14. The fraction of sp³-hybridized carbons (Fsp3) is 0.0833. The molecule has 0 unspecified atom stereocenters. The molecule has 2 aromatic heterocycles. The second-order valence-corrected chi connectivity index (χ2v) is 5.41. The number of hydrogen-bond acceptors (Lipinski definition) is 3. The molecule has 0 aliphatic carbocycles. The van der Waals surface area contributed by atoms with E-state index in [0.29, 0.717) is 11.3 Å². The van der Waals surface area contributed by atoms with Gasteiger partial charge in [0.05, 0.1) is 16.3 Å². The Balaban J connectivity index is 2.35. The van der Waals surface area contributed by atoms with Gasteiger partial charge >= 0.3 is 0 Å². The molecule has 0 bridgehead atoms. The first-order valence-electron chi connectivity index (χ1n) is 5.33. The van der Waals surface area contributed by atoms with Crippen molar-refractivity contribution in [3.05, 3.63) is 49.9 Å². The van der Waals surface area contributed by atoms with E-state index in [9.17, 15) is 4.79 Å². The fourth-order valence-electron chi connectivity index (χ4n) is 1.51. The van der Waals surface area contributed by atoms with Crippen LogP contribution in [0.1, 0.15) is 15.9 Å². The van der Waals surface area contributed by atoms with Crippen molar-refractivity contribution in [2.45, 2.75) is 6.92 Å². The summed E-state index contributed by atoms with van der Waals surface area (Å²) in [6.45, 7) is 1.75. The topological polar surface area (TPSA) is 54.9 Å². The summed E-state index contributed by atoms with van der Waals surface area (Å²) in [4.78, 5) is 19.8. The number of aromatic nitrogens is 2. The van der Waals surface area contributed by atoms with Crippen LogP contribution in [0.3, 0.4) is 0 Å². The van der Waals surface area contributed by atoms with Crippen molar-refractivity contribution in [1.29, 1.82) is 0 Å². The van der Waals surface area contributed by atoms with Gasteiger partial charge < -0.3 is 5.32 Å². The standard InChI is InChI=1S/C12H7Cl4N3O/c1-5-2-9(15)18-11(16)10(5)19-12(20)6-3-8(14)17-4-7(6)13/h2-4H,1H3,(H,19,20). The number of pyridine rings is 2. The zero-order valence-corrected chi connectivity index (χ0v) is 13.1. The zero-order chi connectivity index (χ0) is 14.9. The maximum Gasteiger partial charge on any atom is 0.257 e. The van der Waals surface area contributed by atoms with E-state index in [1.54, 1.807) is 13.0 Å². The van der Waals surface area contributed by atoms with Crippen LogP contribution in [0.5, 0.6) is 0 Å². The van der Waals surface area contributed by atoms with Gasteiger partial charge in [-0.2, -0.15) is 0 Å². The molecule has 0 saturated heterocycles. The Labute approximate surface area is 135 Å². The number of halogens is 4. The molecule has 0 spiro atoms. The number of amides is 1. The maximum absolute atomic E-state index is 12.2. The lowest BCUT2D eigenvalue weighted by molar-refractivity contribution is 0.102. The zero-order valence-electron chi connectivity index (χ0n) is 10.0. The molecular weight excluding hydrogens is 344 g/mol. The number of nitrogens with zero attached hydrogens (tertiary/aromatic N) is 2. The molecule has 0 aliphatic rings. The largest absolute Gasteiger partial charge is 0.319 e. The quantitative estimate of drug-likeness (QED) is 0.802. The normalized spacial score (nSPS) is 10.4. The average molecular weight is 351 g/mol. The van der Waals surface area contributed by atoms with Crippen molar-refractivity contribution in [3.8, 4) is 0 Å². The van der Waals surface area contributed by atoms with Crippen LogP contribution in [-0.2, 0) is 0 Å². The van der Waals surface area contributed by atoms with Gasteiger partial charge in [-0.1, -0.05) is 46.4 Å². The van der Waals surface area contributed by atoms with Crippen molar-refractivity contribution in [2.24, 2.45) is 0 Å². The van der Waals surface area contributed by atoms with Crippen molar-refractivity contribution < 1.29 is 4.79 Å². The molecule has 2 heterocycles. The van der Waals surface area contributed by atoms with E-state index in [4.69, 9.17) is 46.4 Å². The van der Waals surface area contributed by atoms with E-state index >= 15 is 0 Å². The SMILES string of the molecule is Cc1cc(Cl)nc(Cl)c1NC(=O)c1cc(Cl)ncc1Cl. The van der Waals surface area contributed by atoms with E-state index in [1.807, 2.05) is 0 Å². The van der Waals surface area contributed by atoms with Gasteiger partial charge in [0.25, 0.3) is 5.91 Å². The first-order chi connectivity index (χ1) is 9.38. The highest BCUT2D eigenvalue weighted by Crippen LogP contribution is 2.28. The second-order valence-electron chi connectivity index (χ2n) is 3.87. The number of anilines is 1. The Kier molecular flexibility index (Phi) is 4.70. The summed E-state index contributed by atoms with van der Waals surface area (Å²) in [5, 5.41) is 3.32. The van der Waals surface area contributed by atoms with Crippen LogP contribution in [0, 0.1) is 6.92 Å². The molecule has 2 aromatic rings. The van der Waals surface area contributed by atoms with Crippen molar-refractivity contribution in [1.82, 2.24) is 9.97 Å². The van der Waals surface area contributed by atoms with Gasteiger partial charge in [-0.15, -0.1) is 0 Å². The first kappa shape index (κ1) is 15.3. The summed E-state index contributed by atoms with van der Waals surface area (Å²) >= 11 is 23.4. The average Bonchev–Trinajstić information content (AvgIpc) is 2.36. The molecule has 20 heavy (non-hydrogen) atoms. The Bertz CT molecular complexity index is 667. The minimum atomic E-state index is -0.464. The number of carbonyl (C=O) groups is 1. The summed E-state index contributed by atoms with van der Waals surface area (Å²) in [7, 11) is 0. The molecule has 1 N–H and O–H groups in total. The highest BCUT2D eigenvalue weighted by molar-refractivity contribution is 6.37. The van der Waals surface area contributed by atoms with Crippen LogP contribution >= 0.6 is 46.4 Å². The molecule has 4 nitrogen and oxygen atoms in total. The molecule has 0 aromatic carbocycles. The molecule has 0 radical (unpaired) electrons. The second kappa shape index (κ2) is 6.14. The van der Waals surface area contributed by atoms with Gasteiger partial charge in [0, 0.05) is 6.20 Å². The molecule has 0 atom stereocenters. The lowest BCUT2D eigenvalue weighted by atomic mass is 10.2. The van der Waals surface area contributed by atoms with Crippen molar-refractivity contribution >= 4 is 58.0 Å². The highest BCUT2D eigenvalue weighted by Gasteiger charge is 2.16. The van der Waals surface area contributed by atoms with Crippen LogP contribution in [0.4, 0.5) is 5.69 Å². The van der Waals surface area contributed by atoms with E-state index in [0.717, 1.165) is 0 Å². The minimum Gasteiger partial charge on any atom is -0.319 e. The Hall–Kier alpha value is -1.07. The number of hydrogen-bond donors (Lipinski definition) is 1. The highest BCUT2D eigenvalue weighted by atomic mass is 35.5. The van der Waals surface area contributed by atoms with Crippen molar-refractivity contribution in [2.75, 3.05) is 5.32 Å². The predicted molar refractivity (Wildman–Crippen MR) is 81.2 cm³/mol. The maximum atomic E-state index is 12.2. The van der Waals surface area contributed by atoms with Gasteiger partial charge in [-0.3, -0.25) is 4.79 Å². The Morgan fingerprint density at radius 2 is 1.85 bits per heavy atom. The van der Waals surface area contributed by atoms with E-state index in [2.05, 4.69) is 15.3 Å².